The van der Waals surface area contributed by atoms with E-state index in [1.807, 2.05) is 35.9 Å². The normalized spacial score (nSPS) is 11.1. The molecular formula is C13H12N4OS. The van der Waals surface area contributed by atoms with Crippen LogP contribution in [0.1, 0.15) is 5.69 Å². The highest BCUT2D eigenvalue weighted by molar-refractivity contribution is 7.99. The molecule has 5 nitrogen and oxygen atoms in total. The summed E-state index contributed by atoms with van der Waals surface area (Å²) in [7, 11) is 1.87. The van der Waals surface area contributed by atoms with Crippen LogP contribution >= 0.6 is 11.8 Å². The van der Waals surface area contributed by atoms with Gasteiger partial charge in [-0.2, -0.15) is 0 Å². The van der Waals surface area contributed by atoms with Gasteiger partial charge in [0.15, 0.2) is 5.16 Å². The topological polar surface area (TPSA) is 63.8 Å². The summed E-state index contributed by atoms with van der Waals surface area (Å²) in [5.74, 6) is 0. The Hall–Kier alpha value is -1.92. The van der Waals surface area contributed by atoms with Crippen molar-refractivity contribution in [2.45, 2.75) is 16.8 Å². The molecule has 1 N–H and O–H groups in total. The van der Waals surface area contributed by atoms with Crippen molar-refractivity contribution in [3.05, 3.63) is 42.4 Å². The summed E-state index contributed by atoms with van der Waals surface area (Å²) >= 11 is 1.43. The molecule has 96 valence electrons. The van der Waals surface area contributed by atoms with Crippen LogP contribution in [-0.4, -0.2) is 24.6 Å². The molecular weight excluding hydrogens is 260 g/mol. The molecule has 0 unspecified atom stereocenters. The molecule has 0 saturated heterocycles. The number of hydrogen-bond acceptors (Lipinski definition) is 5. The van der Waals surface area contributed by atoms with Crippen LogP contribution in [0, 0.1) is 0 Å². The molecule has 19 heavy (non-hydrogen) atoms. The molecule has 0 aliphatic heterocycles. The average Bonchev–Trinajstić information content (AvgIpc) is 2.79. The van der Waals surface area contributed by atoms with Crippen LogP contribution in [0.25, 0.3) is 11.0 Å². The highest BCUT2D eigenvalue weighted by Gasteiger charge is 2.09. The van der Waals surface area contributed by atoms with E-state index in [-0.39, 0.29) is 6.61 Å². The standard InChI is InChI=1S/C13H12N4OS/c1-17-9(8-18)6-15-13(17)19-12-7-14-10-4-2-3-5-11(10)16-12/h2-7,18H,8H2,1H3. The lowest BCUT2D eigenvalue weighted by Crippen LogP contribution is -1.97. The first-order valence-electron chi connectivity index (χ1n) is 5.79. The van der Waals surface area contributed by atoms with Gasteiger partial charge in [0.1, 0.15) is 5.03 Å². The van der Waals surface area contributed by atoms with Crippen molar-refractivity contribution in [2.24, 2.45) is 7.05 Å². The van der Waals surface area contributed by atoms with E-state index in [2.05, 4.69) is 15.0 Å². The van der Waals surface area contributed by atoms with Gasteiger partial charge in [-0.1, -0.05) is 12.1 Å². The molecule has 0 saturated carbocycles. The van der Waals surface area contributed by atoms with Crippen molar-refractivity contribution < 1.29 is 5.11 Å². The first kappa shape index (κ1) is 12.1. The Morgan fingerprint density at radius 3 is 2.68 bits per heavy atom. The predicted octanol–water partition coefficient (Wildman–Crippen LogP) is 2.01. The van der Waals surface area contributed by atoms with Crippen LogP contribution < -0.4 is 0 Å². The fourth-order valence-electron chi connectivity index (χ4n) is 1.75. The van der Waals surface area contributed by atoms with Crippen molar-refractivity contribution in [3.63, 3.8) is 0 Å². The monoisotopic (exact) mass is 272 g/mol. The summed E-state index contributed by atoms with van der Waals surface area (Å²) in [6.45, 7) is -0.0204. The second kappa shape index (κ2) is 4.99. The molecule has 0 aliphatic rings. The summed E-state index contributed by atoms with van der Waals surface area (Å²) in [5.41, 5.74) is 2.52. The Morgan fingerprint density at radius 1 is 1.16 bits per heavy atom. The molecule has 0 amide bonds. The highest BCUT2D eigenvalue weighted by atomic mass is 32.2. The van der Waals surface area contributed by atoms with Gasteiger partial charge >= 0.3 is 0 Å². The maximum absolute atomic E-state index is 9.14. The van der Waals surface area contributed by atoms with Gasteiger partial charge in [-0.3, -0.25) is 4.98 Å². The lowest BCUT2D eigenvalue weighted by atomic mass is 10.3. The van der Waals surface area contributed by atoms with E-state index >= 15 is 0 Å². The van der Waals surface area contributed by atoms with E-state index in [0.29, 0.717) is 0 Å². The number of nitrogens with zero attached hydrogens (tertiary/aromatic N) is 4. The number of rotatable bonds is 3. The van der Waals surface area contributed by atoms with Gasteiger partial charge in [0.05, 0.1) is 35.7 Å². The lowest BCUT2D eigenvalue weighted by Gasteiger charge is -2.04. The molecule has 3 rings (SSSR count). The van der Waals surface area contributed by atoms with Crippen LogP contribution in [0.4, 0.5) is 0 Å². The molecule has 0 radical (unpaired) electrons. The van der Waals surface area contributed by atoms with E-state index in [1.54, 1.807) is 12.4 Å². The van der Waals surface area contributed by atoms with Gasteiger partial charge in [0, 0.05) is 7.05 Å². The van der Waals surface area contributed by atoms with Crippen molar-refractivity contribution in [1.82, 2.24) is 19.5 Å². The van der Waals surface area contributed by atoms with Gasteiger partial charge in [-0.15, -0.1) is 0 Å². The molecule has 0 atom stereocenters. The summed E-state index contributed by atoms with van der Waals surface area (Å²) in [4.78, 5) is 13.2. The fourth-order valence-corrected chi connectivity index (χ4v) is 2.55. The van der Waals surface area contributed by atoms with Gasteiger partial charge in [0.25, 0.3) is 0 Å². The summed E-state index contributed by atoms with van der Waals surface area (Å²) < 4.78 is 1.85. The lowest BCUT2D eigenvalue weighted by molar-refractivity contribution is 0.271. The first-order valence-corrected chi connectivity index (χ1v) is 6.60. The largest absolute Gasteiger partial charge is 0.390 e. The maximum Gasteiger partial charge on any atom is 0.174 e. The van der Waals surface area contributed by atoms with E-state index in [0.717, 1.165) is 26.9 Å². The summed E-state index contributed by atoms with van der Waals surface area (Å²) in [5, 5.41) is 10.7. The zero-order valence-corrected chi connectivity index (χ0v) is 11.1. The second-order valence-corrected chi connectivity index (χ2v) is 5.04. The average molecular weight is 272 g/mol. The van der Waals surface area contributed by atoms with Crippen LogP contribution in [0.15, 0.2) is 46.8 Å². The van der Waals surface area contributed by atoms with E-state index in [4.69, 9.17) is 5.11 Å². The number of fused-ring (bicyclic) bond motifs is 1. The molecule has 0 bridgehead atoms. The predicted molar refractivity (Wildman–Crippen MR) is 72.8 cm³/mol. The molecule has 0 spiro atoms. The Bertz CT molecular complexity index is 725. The Morgan fingerprint density at radius 2 is 1.95 bits per heavy atom. The quantitative estimate of drug-likeness (QED) is 0.790. The zero-order valence-electron chi connectivity index (χ0n) is 10.3. The van der Waals surface area contributed by atoms with Crippen molar-refractivity contribution in [3.8, 4) is 0 Å². The van der Waals surface area contributed by atoms with Crippen LogP contribution in [0.3, 0.4) is 0 Å². The molecule has 3 aromatic rings. The third-order valence-corrected chi connectivity index (χ3v) is 3.79. The van der Waals surface area contributed by atoms with Gasteiger partial charge in [0.2, 0.25) is 0 Å². The third-order valence-electron chi connectivity index (χ3n) is 2.83. The minimum Gasteiger partial charge on any atom is -0.390 e. The van der Waals surface area contributed by atoms with Gasteiger partial charge < -0.3 is 9.67 Å². The van der Waals surface area contributed by atoms with Crippen LogP contribution in [0.2, 0.25) is 0 Å². The van der Waals surface area contributed by atoms with E-state index < -0.39 is 0 Å². The Labute approximate surface area is 114 Å². The molecule has 0 fully saturated rings. The van der Waals surface area contributed by atoms with Crippen molar-refractivity contribution >= 4 is 22.8 Å². The Kier molecular flexibility index (Phi) is 3.18. The number of imidazole rings is 1. The second-order valence-electron chi connectivity index (χ2n) is 4.05. The fraction of sp³-hybridized carbons (Fsp3) is 0.154. The van der Waals surface area contributed by atoms with Gasteiger partial charge in [-0.05, 0) is 23.9 Å². The number of aliphatic hydroxyl groups excluding tert-OH is 1. The maximum atomic E-state index is 9.14. The SMILES string of the molecule is Cn1c(CO)cnc1Sc1cnc2ccccc2n1. The van der Waals surface area contributed by atoms with E-state index in [9.17, 15) is 0 Å². The molecule has 2 aromatic heterocycles. The van der Waals surface area contributed by atoms with Crippen LogP contribution in [-0.2, 0) is 13.7 Å². The number of hydrogen-bond donors (Lipinski definition) is 1. The first-order chi connectivity index (χ1) is 9.28. The third kappa shape index (κ3) is 2.32. The van der Waals surface area contributed by atoms with Crippen LogP contribution in [0.5, 0.6) is 0 Å². The van der Waals surface area contributed by atoms with Gasteiger partial charge in [-0.25, -0.2) is 9.97 Å². The minimum absolute atomic E-state index is 0.0204. The number of benzene rings is 1. The highest BCUT2D eigenvalue weighted by Crippen LogP contribution is 2.25. The molecule has 1 aromatic carbocycles. The minimum atomic E-state index is -0.0204. The number of aromatic nitrogens is 4. The number of aliphatic hydroxyl groups is 1. The molecule has 6 heteroatoms. The van der Waals surface area contributed by atoms with Crippen molar-refractivity contribution in [2.75, 3.05) is 0 Å². The molecule has 2 heterocycles. The Balaban J connectivity index is 1.94. The summed E-state index contributed by atoms with van der Waals surface area (Å²) in [6.07, 6.45) is 3.40. The summed E-state index contributed by atoms with van der Waals surface area (Å²) in [6, 6.07) is 7.75. The zero-order chi connectivity index (χ0) is 13.2. The smallest absolute Gasteiger partial charge is 0.174 e. The van der Waals surface area contributed by atoms with Crippen molar-refractivity contribution in [1.29, 1.82) is 0 Å². The molecule has 0 aliphatic carbocycles. The van der Waals surface area contributed by atoms with E-state index in [1.165, 1.54) is 11.8 Å². The number of para-hydroxylation sites is 2.